The maximum Gasteiger partial charge on any atom is 0.221 e. The van der Waals surface area contributed by atoms with E-state index in [9.17, 15) is 4.79 Å². The lowest BCUT2D eigenvalue weighted by Gasteiger charge is -2.23. The number of rotatable bonds is 7. The fourth-order valence-electron chi connectivity index (χ4n) is 2.91. The predicted molar refractivity (Wildman–Crippen MR) is 108 cm³/mol. The van der Waals surface area contributed by atoms with Gasteiger partial charge in [0.25, 0.3) is 0 Å². The lowest BCUT2D eigenvalue weighted by Crippen LogP contribution is -2.44. The predicted octanol–water partition coefficient (Wildman–Crippen LogP) is 2.99. The second-order valence-electron chi connectivity index (χ2n) is 5.97. The van der Waals surface area contributed by atoms with Gasteiger partial charge >= 0.3 is 0 Å². The van der Waals surface area contributed by atoms with Crippen LogP contribution >= 0.6 is 24.2 Å². The van der Waals surface area contributed by atoms with Crippen LogP contribution in [0.1, 0.15) is 12.0 Å². The molecule has 1 aliphatic heterocycles. The molecule has 1 unspecified atom stereocenters. The van der Waals surface area contributed by atoms with Gasteiger partial charge < -0.3 is 15.4 Å². The Kier molecular flexibility index (Phi) is 8.55. The Morgan fingerprint density at radius 3 is 2.92 bits per heavy atom. The van der Waals surface area contributed by atoms with Crippen LogP contribution in [0.2, 0.25) is 0 Å². The molecular weight excluding hydrogens is 356 g/mol. The van der Waals surface area contributed by atoms with Crippen molar-refractivity contribution < 1.29 is 9.53 Å². The number of hydrogen-bond donors (Lipinski definition) is 2. The zero-order valence-corrected chi connectivity index (χ0v) is 15.8. The molecular formula is C19H25ClN2O2S. The number of thioether (sulfide) groups is 1. The molecule has 2 N–H and O–H groups in total. The molecule has 2 aromatic carbocycles. The van der Waals surface area contributed by atoms with Crippen LogP contribution in [0, 0.1) is 0 Å². The van der Waals surface area contributed by atoms with Crippen molar-refractivity contribution in [3.63, 3.8) is 0 Å². The number of amides is 1. The van der Waals surface area contributed by atoms with E-state index in [0.717, 1.165) is 24.7 Å². The van der Waals surface area contributed by atoms with Crippen LogP contribution in [0.25, 0.3) is 10.8 Å². The fourth-order valence-corrected chi connectivity index (χ4v) is 3.77. The molecule has 0 spiro atoms. The van der Waals surface area contributed by atoms with E-state index in [1.165, 1.54) is 16.3 Å². The van der Waals surface area contributed by atoms with Crippen LogP contribution in [-0.4, -0.2) is 44.0 Å². The first-order chi connectivity index (χ1) is 11.8. The number of carbonyl (C=O) groups is 1. The molecule has 0 aliphatic carbocycles. The number of benzene rings is 2. The zero-order chi connectivity index (χ0) is 16.6. The summed E-state index contributed by atoms with van der Waals surface area (Å²) in [7, 11) is 0. The second kappa shape index (κ2) is 10.7. The van der Waals surface area contributed by atoms with Gasteiger partial charge in [-0.2, -0.15) is 11.8 Å². The Bertz CT molecular complexity index is 672. The Morgan fingerprint density at radius 1 is 1.24 bits per heavy atom. The van der Waals surface area contributed by atoms with Gasteiger partial charge in [0, 0.05) is 37.1 Å². The molecule has 1 heterocycles. The lowest BCUT2D eigenvalue weighted by atomic mass is 10.1. The summed E-state index contributed by atoms with van der Waals surface area (Å²) in [6.07, 6.45) is 0.494. The summed E-state index contributed by atoms with van der Waals surface area (Å²) < 4.78 is 5.36. The molecule has 4 nitrogen and oxygen atoms in total. The van der Waals surface area contributed by atoms with E-state index in [-0.39, 0.29) is 24.4 Å². The highest BCUT2D eigenvalue weighted by Gasteiger charge is 2.16. The summed E-state index contributed by atoms with van der Waals surface area (Å²) in [5, 5.41) is 8.90. The molecule has 0 aromatic heterocycles. The molecule has 0 saturated carbocycles. The molecule has 1 amide bonds. The normalized spacial score (nSPS) is 17.0. The highest BCUT2D eigenvalue weighted by molar-refractivity contribution is 7.98. The summed E-state index contributed by atoms with van der Waals surface area (Å²) in [6.45, 7) is 2.91. The van der Waals surface area contributed by atoms with Gasteiger partial charge in [0.05, 0.1) is 13.2 Å². The molecule has 1 fully saturated rings. The van der Waals surface area contributed by atoms with Crippen molar-refractivity contribution in [3.8, 4) is 0 Å². The number of halogens is 1. The van der Waals surface area contributed by atoms with Gasteiger partial charge in [0.15, 0.2) is 0 Å². The summed E-state index contributed by atoms with van der Waals surface area (Å²) in [5.74, 6) is 1.99. The minimum absolute atomic E-state index is 0. The Balaban J connectivity index is 0.00000225. The molecule has 3 rings (SSSR count). The van der Waals surface area contributed by atoms with Crippen LogP contribution in [0.5, 0.6) is 0 Å². The average Bonchev–Trinajstić information content (AvgIpc) is 2.62. The number of hydrogen-bond acceptors (Lipinski definition) is 4. The van der Waals surface area contributed by atoms with Crippen molar-refractivity contribution in [3.05, 3.63) is 48.0 Å². The maximum absolute atomic E-state index is 11.9. The van der Waals surface area contributed by atoms with Gasteiger partial charge in [-0.3, -0.25) is 4.79 Å². The standard InChI is InChI=1S/C19H24N2O2S.ClH/c22-19(12-17-13-23-10-8-20-17)21-9-11-24-14-16-6-3-5-15-4-1-2-7-18(15)16;/h1-7,17,20H,8-14H2,(H,21,22);1H. The molecule has 1 saturated heterocycles. The zero-order valence-electron chi connectivity index (χ0n) is 14.2. The van der Waals surface area contributed by atoms with Gasteiger partial charge in [0.1, 0.15) is 0 Å². The summed E-state index contributed by atoms with van der Waals surface area (Å²) >= 11 is 1.85. The van der Waals surface area contributed by atoms with E-state index in [2.05, 4.69) is 53.1 Å². The summed E-state index contributed by atoms with van der Waals surface area (Å²) in [6, 6.07) is 15.1. The van der Waals surface area contributed by atoms with Gasteiger partial charge in [-0.05, 0) is 16.3 Å². The highest BCUT2D eigenvalue weighted by Crippen LogP contribution is 2.22. The molecule has 2 aromatic rings. The Hall–Kier alpha value is -1.27. The van der Waals surface area contributed by atoms with E-state index < -0.39 is 0 Å². The van der Waals surface area contributed by atoms with Gasteiger partial charge in [0.2, 0.25) is 5.91 Å². The van der Waals surface area contributed by atoms with Gasteiger partial charge in [-0.15, -0.1) is 12.4 Å². The van der Waals surface area contributed by atoms with Crippen molar-refractivity contribution in [2.24, 2.45) is 0 Å². The highest BCUT2D eigenvalue weighted by atomic mass is 35.5. The third-order valence-corrected chi connectivity index (χ3v) is 5.14. The van der Waals surface area contributed by atoms with Crippen LogP contribution in [-0.2, 0) is 15.3 Å². The van der Waals surface area contributed by atoms with E-state index in [0.29, 0.717) is 19.6 Å². The SMILES string of the molecule is Cl.O=C(CC1COCCN1)NCCSCc1cccc2ccccc12. The molecule has 0 radical (unpaired) electrons. The van der Waals surface area contributed by atoms with Gasteiger partial charge in [-0.25, -0.2) is 0 Å². The van der Waals surface area contributed by atoms with Crippen molar-refractivity contribution >= 4 is 40.8 Å². The molecule has 6 heteroatoms. The average molecular weight is 381 g/mol. The Morgan fingerprint density at radius 2 is 2.08 bits per heavy atom. The Labute approximate surface area is 159 Å². The number of fused-ring (bicyclic) bond motifs is 1. The second-order valence-corrected chi connectivity index (χ2v) is 7.08. The van der Waals surface area contributed by atoms with Crippen LogP contribution in [0.4, 0.5) is 0 Å². The number of morpholine rings is 1. The quantitative estimate of drug-likeness (QED) is 0.725. The van der Waals surface area contributed by atoms with E-state index in [1.54, 1.807) is 0 Å². The molecule has 1 atom stereocenters. The third-order valence-electron chi connectivity index (χ3n) is 4.14. The number of nitrogens with one attached hydrogen (secondary N) is 2. The van der Waals surface area contributed by atoms with Crippen molar-refractivity contribution in [2.45, 2.75) is 18.2 Å². The van der Waals surface area contributed by atoms with Gasteiger partial charge in [-0.1, -0.05) is 42.5 Å². The summed E-state index contributed by atoms with van der Waals surface area (Å²) in [4.78, 5) is 11.9. The number of ether oxygens (including phenoxy) is 1. The van der Waals surface area contributed by atoms with E-state index >= 15 is 0 Å². The third kappa shape index (κ3) is 6.19. The molecule has 25 heavy (non-hydrogen) atoms. The van der Waals surface area contributed by atoms with Crippen molar-refractivity contribution in [1.82, 2.24) is 10.6 Å². The van der Waals surface area contributed by atoms with Crippen molar-refractivity contribution in [1.29, 1.82) is 0 Å². The minimum atomic E-state index is 0. The fraction of sp³-hybridized carbons (Fsp3) is 0.421. The minimum Gasteiger partial charge on any atom is -0.378 e. The maximum atomic E-state index is 11.9. The molecule has 136 valence electrons. The lowest BCUT2D eigenvalue weighted by molar-refractivity contribution is -0.122. The molecule has 0 bridgehead atoms. The van der Waals surface area contributed by atoms with Crippen LogP contribution < -0.4 is 10.6 Å². The topological polar surface area (TPSA) is 50.4 Å². The van der Waals surface area contributed by atoms with Crippen molar-refractivity contribution in [2.75, 3.05) is 32.1 Å². The van der Waals surface area contributed by atoms with Crippen LogP contribution in [0.3, 0.4) is 0 Å². The summed E-state index contributed by atoms with van der Waals surface area (Å²) in [5.41, 5.74) is 1.35. The molecule has 1 aliphatic rings. The first-order valence-electron chi connectivity index (χ1n) is 8.45. The first kappa shape index (κ1) is 20.0. The van der Waals surface area contributed by atoms with E-state index in [1.807, 2.05) is 11.8 Å². The number of carbonyl (C=O) groups excluding carboxylic acids is 1. The smallest absolute Gasteiger partial charge is 0.221 e. The largest absolute Gasteiger partial charge is 0.378 e. The van der Waals surface area contributed by atoms with E-state index in [4.69, 9.17) is 4.74 Å². The monoisotopic (exact) mass is 380 g/mol. The first-order valence-corrected chi connectivity index (χ1v) is 9.60. The van der Waals surface area contributed by atoms with Crippen LogP contribution in [0.15, 0.2) is 42.5 Å².